The summed E-state index contributed by atoms with van der Waals surface area (Å²) in [5, 5.41) is 0. The molecule has 0 saturated heterocycles. The Labute approximate surface area is 94.5 Å². The molecule has 0 heterocycles. The van der Waals surface area contributed by atoms with E-state index >= 15 is 0 Å². The van der Waals surface area contributed by atoms with Crippen molar-refractivity contribution in [2.75, 3.05) is 0 Å². The lowest BCUT2D eigenvalue weighted by molar-refractivity contribution is 0.295. The van der Waals surface area contributed by atoms with Crippen LogP contribution >= 0.6 is 11.6 Å². The Morgan fingerprint density at radius 1 is 1.27 bits per heavy atom. The third kappa shape index (κ3) is 3.56. The molecule has 1 aromatic rings. The van der Waals surface area contributed by atoms with Crippen molar-refractivity contribution < 1.29 is 9.13 Å². The molecule has 0 aromatic heterocycles. The van der Waals surface area contributed by atoms with Crippen LogP contribution in [0.15, 0.2) is 35.6 Å². The minimum absolute atomic E-state index is 0.170. The van der Waals surface area contributed by atoms with Gasteiger partial charge >= 0.3 is 0 Å². The van der Waals surface area contributed by atoms with Gasteiger partial charge in [0, 0.05) is 11.0 Å². The van der Waals surface area contributed by atoms with E-state index in [4.69, 9.17) is 16.3 Å². The van der Waals surface area contributed by atoms with E-state index < -0.39 is 0 Å². The highest BCUT2D eigenvalue weighted by molar-refractivity contribution is 6.25. The van der Waals surface area contributed by atoms with Crippen LogP contribution in [-0.2, 0) is 0 Å². The predicted molar refractivity (Wildman–Crippen MR) is 60.4 cm³/mol. The highest BCUT2D eigenvalue weighted by Gasteiger charge is 2.19. The quantitative estimate of drug-likeness (QED) is 0.685. The lowest BCUT2D eigenvalue weighted by Crippen LogP contribution is -2.14. The topological polar surface area (TPSA) is 9.23 Å². The molecule has 15 heavy (non-hydrogen) atoms. The summed E-state index contributed by atoms with van der Waals surface area (Å²) in [6.07, 6.45) is 0. The maximum Gasteiger partial charge on any atom is 0.127 e. The van der Waals surface area contributed by atoms with Gasteiger partial charge in [-0.05, 0) is 24.3 Å². The summed E-state index contributed by atoms with van der Waals surface area (Å²) >= 11 is 5.67. The molecule has 1 rings (SSSR count). The van der Waals surface area contributed by atoms with Gasteiger partial charge in [-0.2, -0.15) is 0 Å². The van der Waals surface area contributed by atoms with Crippen LogP contribution in [0.4, 0.5) is 4.39 Å². The van der Waals surface area contributed by atoms with Gasteiger partial charge in [-0.25, -0.2) is 4.39 Å². The van der Waals surface area contributed by atoms with Crippen molar-refractivity contribution in [3.8, 4) is 5.75 Å². The lowest BCUT2D eigenvalue weighted by Gasteiger charge is -2.22. The van der Waals surface area contributed by atoms with Crippen molar-refractivity contribution in [3.63, 3.8) is 0 Å². The van der Waals surface area contributed by atoms with E-state index in [9.17, 15) is 4.39 Å². The fourth-order valence-electron chi connectivity index (χ4n) is 0.969. The zero-order valence-electron chi connectivity index (χ0n) is 9.05. The fourth-order valence-corrected chi connectivity index (χ4v) is 1.34. The molecular weight excluding hydrogens is 215 g/mol. The molecular formula is C12H14ClFO. The van der Waals surface area contributed by atoms with Gasteiger partial charge < -0.3 is 4.74 Å². The van der Waals surface area contributed by atoms with Gasteiger partial charge in [0.15, 0.2) is 0 Å². The average molecular weight is 229 g/mol. The summed E-state index contributed by atoms with van der Waals surface area (Å²) in [5.41, 5.74) is 1.24. The van der Waals surface area contributed by atoms with Crippen LogP contribution in [0.25, 0.3) is 0 Å². The van der Waals surface area contributed by atoms with Crippen LogP contribution in [0.3, 0.4) is 0 Å². The van der Waals surface area contributed by atoms with E-state index in [1.165, 1.54) is 17.7 Å². The summed E-state index contributed by atoms with van der Waals surface area (Å²) in [5.74, 6) is 0.948. The maximum atomic E-state index is 12.6. The Morgan fingerprint density at radius 3 is 2.20 bits per heavy atom. The lowest BCUT2D eigenvalue weighted by atomic mass is 9.95. The second-order valence-electron chi connectivity index (χ2n) is 4.28. The summed E-state index contributed by atoms with van der Waals surface area (Å²) in [6.45, 7) is 5.97. The first-order valence-electron chi connectivity index (χ1n) is 4.68. The predicted octanol–water partition coefficient (Wildman–Crippen LogP) is 4.33. The van der Waals surface area contributed by atoms with E-state index in [2.05, 4.69) is 0 Å². The van der Waals surface area contributed by atoms with Gasteiger partial charge in [-0.3, -0.25) is 0 Å². The summed E-state index contributed by atoms with van der Waals surface area (Å²) in [6, 6.07) is 5.84. The van der Waals surface area contributed by atoms with Gasteiger partial charge in [-0.15, -0.1) is 0 Å². The number of benzene rings is 1. The molecule has 0 N–H and O–H groups in total. The third-order valence-electron chi connectivity index (χ3n) is 1.88. The molecule has 0 spiro atoms. The fraction of sp³-hybridized carbons (Fsp3) is 0.333. The van der Waals surface area contributed by atoms with Crippen molar-refractivity contribution in [1.82, 2.24) is 0 Å². The molecule has 3 heteroatoms. The van der Waals surface area contributed by atoms with E-state index in [-0.39, 0.29) is 11.2 Å². The van der Waals surface area contributed by atoms with Crippen molar-refractivity contribution in [2.45, 2.75) is 20.8 Å². The molecule has 82 valence electrons. The number of halogens is 2. The maximum absolute atomic E-state index is 12.6. The van der Waals surface area contributed by atoms with Crippen LogP contribution < -0.4 is 4.74 Å². The Bertz CT molecular complexity index is 349. The molecule has 0 atom stereocenters. The van der Waals surface area contributed by atoms with Crippen LogP contribution in [0.1, 0.15) is 20.8 Å². The SMILES string of the molecule is CC(C)(C)C(=CCl)Oc1ccc(F)cc1. The largest absolute Gasteiger partial charge is 0.460 e. The van der Waals surface area contributed by atoms with Gasteiger partial charge in [0.2, 0.25) is 0 Å². The number of rotatable bonds is 2. The summed E-state index contributed by atoms with van der Waals surface area (Å²) in [4.78, 5) is 0. The van der Waals surface area contributed by atoms with E-state index in [1.54, 1.807) is 12.1 Å². The van der Waals surface area contributed by atoms with Gasteiger partial charge in [0.1, 0.15) is 17.3 Å². The highest BCUT2D eigenvalue weighted by Crippen LogP contribution is 2.28. The number of hydrogen-bond acceptors (Lipinski definition) is 1. The minimum atomic E-state index is -0.283. The van der Waals surface area contributed by atoms with Crippen LogP contribution in [0, 0.1) is 11.2 Å². The highest BCUT2D eigenvalue weighted by atomic mass is 35.5. The monoisotopic (exact) mass is 228 g/mol. The van der Waals surface area contributed by atoms with E-state index in [1.807, 2.05) is 20.8 Å². The normalized spacial score (nSPS) is 12.7. The first-order chi connectivity index (χ1) is 6.93. The molecule has 0 amide bonds. The molecule has 0 radical (unpaired) electrons. The first kappa shape index (κ1) is 12.1. The van der Waals surface area contributed by atoms with Crippen LogP contribution in [0.5, 0.6) is 5.75 Å². The molecule has 0 unspecified atom stereocenters. The molecule has 0 aliphatic rings. The van der Waals surface area contributed by atoms with Crippen LogP contribution in [-0.4, -0.2) is 0 Å². The molecule has 0 fully saturated rings. The molecule has 1 nitrogen and oxygen atoms in total. The number of hydrogen-bond donors (Lipinski definition) is 0. The smallest absolute Gasteiger partial charge is 0.127 e. The second-order valence-corrected chi connectivity index (χ2v) is 4.50. The van der Waals surface area contributed by atoms with Gasteiger partial charge in [0.25, 0.3) is 0 Å². The summed E-state index contributed by atoms with van der Waals surface area (Å²) in [7, 11) is 0. The van der Waals surface area contributed by atoms with Gasteiger partial charge in [-0.1, -0.05) is 32.4 Å². The molecule has 0 aliphatic carbocycles. The second kappa shape index (κ2) is 4.67. The number of ether oxygens (including phenoxy) is 1. The molecule has 0 aliphatic heterocycles. The number of allylic oxidation sites excluding steroid dienone is 1. The van der Waals surface area contributed by atoms with Crippen molar-refractivity contribution in [1.29, 1.82) is 0 Å². The molecule has 0 bridgehead atoms. The van der Waals surface area contributed by atoms with Gasteiger partial charge in [0.05, 0.1) is 0 Å². The summed E-state index contributed by atoms with van der Waals surface area (Å²) < 4.78 is 18.2. The van der Waals surface area contributed by atoms with E-state index in [0.717, 1.165) is 0 Å². The standard InChI is InChI=1S/C12H14ClFO/c1-12(2,3)11(8-13)15-10-6-4-9(14)5-7-10/h4-8H,1-3H3. The minimum Gasteiger partial charge on any atom is -0.460 e. The van der Waals surface area contributed by atoms with Crippen LogP contribution in [0.2, 0.25) is 0 Å². The average Bonchev–Trinajstić information content (AvgIpc) is 2.15. The molecule has 1 aromatic carbocycles. The Balaban J connectivity index is 2.81. The zero-order valence-corrected chi connectivity index (χ0v) is 9.81. The Morgan fingerprint density at radius 2 is 1.80 bits per heavy atom. The molecule has 0 saturated carbocycles. The van der Waals surface area contributed by atoms with Crippen molar-refractivity contribution in [3.05, 3.63) is 41.4 Å². The third-order valence-corrected chi connectivity index (χ3v) is 2.08. The van der Waals surface area contributed by atoms with E-state index in [0.29, 0.717) is 11.5 Å². The van der Waals surface area contributed by atoms with Crippen molar-refractivity contribution in [2.24, 2.45) is 5.41 Å². The Kier molecular flexibility index (Phi) is 3.75. The van der Waals surface area contributed by atoms with Crippen molar-refractivity contribution >= 4 is 11.6 Å². The zero-order chi connectivity index (χ0) is 11.5. The Hall–Kier alpha value is -1.02. The first-order valence-corrected chi connectivity index (χ1v) is 5.11.